The van der Waals surface area contributed by atoms with Gasteiger partial charge in [0, 0.05) is 9.99 Å². The molecule has 1 aliphatic heterocycles. The molecule has 4 heteroatoms. The van der Waals surface area contributed by atoms with E-state index in [0.717, 1.165) is 20.8 Å². The van der Waals surface area contributed by atoms with E-state index >= 15 is 0 Å². The molecule has 3 rings (SSSR count). The van der Waals surface area contributed by atoms with E-state index in [1.165, 1.54) is 16.7 Å². The third kappa shape index (κ3) is 3.05. The Labute approximate surface area is 144 Å². The predicted molar refractivity (Wildman–Crippen MR) is 95.3 cm³/mol. The fraction of sp³-hybridized carbons (Fsp3) is 0.294. The van der Waals surface area contributed by atoms with Crippen LogP contribution in [0.3, 0.4) is 0 Å². The fourth-order valence-electron chi connectivity index (χ4n) is 2.84. The first kappa shape index (κ1) is 15.1. The Morgan fingerprint density at radius 3 is 2.67 bits per heavy atom. The van der Waals surface area contributed by atoms with Gasteiger partial charge in [0.25, 0.3) is 0 Å². The summed E-state index contributed by atoms with van der Waals surface area (Å²) in [6.45, 7) is 2.11. The molecule has 110 valence electrons. The van der Waals surface area contributed by atoms with Crippen LogP contribution in [0, 0.1) is 3.57 Å². The normalized spacial score (nSPS) is 18.2. The largest absolute Gasteiger partial charge is 0.490 e. The van der Waals surface area contributed by atoms with Gasteiger partial charge in [-0.15, -0.1) is 0 Å². The molecule has 0 spiro atoms. The molecule has 0 radical (unpaired) electrons. The summed E-state index contributed by atoms with van der Waals surface area (Å²) in [6.07, 6.45) is 1.25. The molecule has 21 heavy (non-hydrogen) atoms. The van der Waals surface area contributed by atoms with Crippen molar-refractivity contribution in [2.45, 2.75) is 25.5 Å². The lowest BCUT2D eigenvalue weighted by Gasteiger charge is -2.18. The zero-order valence-corrected chi connectivity index (χ0v) is 14.9. The van der Waals surface area contributed by atoms with Crippen molar-refractivity contribution < 1.29 is 4.74 Å². The summed E-state index contributed by atoms with van der Waals surface area (Å²) >= 11 is 8.51. The van der Waals surface area contributed by atoms with Gasteiger partial charge in [-0.25, -0.2) is 0 Å². The van der Waals surface area contributed by atoms with E-state index in [1.807, 2.05) is 13.1 Å². The summed E-state index contributed by atoms with van der Waals surface area (Å²) in [5.41, 5.74) is 3.71. The summed E-state index contributed by atoms with van der Waals surface area (Å²) in [6, 6.07) is 12.8. The molecule has 1 aliphatic rings. The molecule has 1 N–H and O–H groups in total. The SMILES string of the molecule is CNC(c1ccc(I)c(Cl)c1)c1ccc2c(c1)CC(C)O2. The highest BCUT2D eigenvalue weighted by molar-refractivity contribution is 14.1. The molecule has 0 fully saturated rings. The first-order valence-corrected chi connectivity index (χ1v) is 8.46. The summed E-state index contributed by atoms with van der Waals surface area (Å²) in [4.78, 5) is 0. The molecule has 0 saturated heterocycles. The number of fused-ring (bicyclic) bond motifs is 1. The second-order valence-electron chi connectivity index (χ2n) is 5.39. The first-order valence-electron chi connectivity index (χ1n) is 7.00. The fourth-order valence-corrected chi connectivity index (χ4v) is 3.36. The minimum atomic E-state index is 0.140. The van der Waals surface area contributed by atoms with Crippen molar-refractivity contribution in [1.29, 1.82) is 0 Å². The van der Waals surface area contributed by atoms with Crippen molar-refractivity contribution in [1.82, 2.24) is 5.32 Å². The molecule has 0 saturated carbocycles. The molecule has 2 nitrogen and oxygen atoms in total. The third-order valence-electron chi connectivity index (χ3n) is 3.82. The van der Waals surface area contributed by atoms with Crippen LogP contribution < -0.4 is 10.1 Å². The Kier molecular flexibility index (Phi) is 4.43. The van der Waals surface area contributed by atoms with Gasteiger partial charge in [-0.3, -0.25) is 0 Å². The number of hydrogen-bond acceptors (Lipinski definition) is 2. The highest BCUT2D eigenvalue weighted by Crippen LogP contribution is 2.33. The van der Waals surface area contributed by atoms with E-state index in [-0.39, 0.29) is 12.1 Å². The summed E-state index contributed by atoms with van der Waals surface area (Å²) in [7, 11) is 1.98. The van der Waals surface area contributed by atoms with Gasteiger partial charge in [0.15, 0.2) is 0 Å². The summed E-state index contributed by atoms with van der Waals surface area (Å²) in [5.74, 6) is 1.02. The molecule has 2 unspecified atom stereocenters. The van der Waals surface area contributed by atoms with Crippen molar-refractivity contribution in [2.24, 2.45) is 0 Å². The second-order valence-corrected chi connectivity index (χ2v) is 6.96. The standard InChI is InChI=1S/C17H17ClINO/c1-10-7-13-8-11(4-6-16(13)21-10)17(20-2)12-3-5-15(19)14(18)9-12/h3-6,8-10,17,20H,7H2,1-2H3. The van der Waals surface area contributed by atoms with Crippen LogP contribution in [0.15, 0.2) is 36.4 Å². The molecule has 1 heterocycles. The van der Waals surface area contributed by atoms with Crippen LogP contribution in [0.25, 0.3) is 0 Å². The van der Waals surface area contributed by atoms with Crippen LogP contribution >= 0.6 is 34.2 Å². The van der Waals surface area contributed by atoms with E-state index < -0.39 is 0 Å². The number of ether oxygens (including phenoxy) is 1. The van der Waals surface area contributed by atoms with Crippen molar-refractivity contribution in [3.05, 3.63) is 61.7 Å². The Bertz CT molecular complexity index is 674. The van der Waals surface area contributed by atoms with Crippen LogP contribution in [0.1, 0.15) is 29.7 Å². The van der Waals surface area contributed by atoms with Gasteiger partial charge in [-0.2, -0.15) is 0 Å². The maximum Gasteiger partial charge on any atom is 0.123 e. The van der Waals surface area contributed by atoms with Gasteiger partial charge in [0.2, 0.25) is 0 Å². The number of rotatable bonds is 3. The van der Waals surface area contributed by atoms with Crippen molar-refractivity contribution >= 4 is 34.2 Å². The van der Waals surface area contributed by atoms with Crippen LogP contribution in [0.4, 0.5) is 0 Å². The quantitative estimate of drug-likeness (QED) is 0.744. The molecule has 2 aromatic carbocycles. The van der Waals surface area contributed by atoms with E-state index in [1.54, 1.807) is 0 Å². The molecule has 0 bridgehead atoms. The number of nitrogens with one attached hydrogen (secondary N) is 1. The van der Waals surface area contributed by atoms with Gasteiger partial charge in [-0.1, -0.05) is 29.8 Å². The zero-order chi connectivity index (χ0) is 15.0. The zero-order valence-electron chi connectivity index (χ0n) is 12.0. The lowest BCUT2D eigenvalue weighted by molar-refractivity contribution is 0.254. The van der Waals surface area contributed by atoms with Gasteiger partial charge in [0.1, 0.15) is 11.9 Å². The number of hydrogen-bond donors (Lipinski definition) is 1. The highest BCUT2D eigenvalue weighted by Gasteiger charge is 2.21. The second kappa shape index (κ2) is 6.15. The Balaban J connectivity index is 1.97. The lowest BCUT2D eigenvalue weighted by atomic mass is 9.96. The average molecular weight is 414 g/mol. The minimum absolute atomic E-state index is 0.140. The number of benzene rings is 2. The molecule has 0 aliphatic carbocycles. The van der Waals surface area contributed by atoms with E-state index in [4.69, 9.17) is 16.3 Å². The van der Waals surface area contributed by atoms with Gasteiger partial charge < -0.3 is 10.1 Å². The lowest BCUT2D eigenvalue weighted by Crippen LogP contribution is -2.17. The average Bonchev–Trinajstić information content (AvgIpc) is 2.83. The van der Waals surface area contributed by atoms with Crippen LogP contribution in [0.5, 0.6) is 5.75 Å². The van der Waals surface area contributed by atoms with Crippen molar-refractivity contribution in [3.63, 3.8) is 0 Å². The third-order valence-corrected chi connectivity index (χ3v) is 5.39. The molecule has 2 atom stereocenters. The maximum absolute atomic E-state index is 6.26. The number of halogens is 2. The van der Waals surface area contributed by atoms with Gasteiger partial charge >= 0.3 is 0 Å². The van der Waals surface area contributed by atoms with Crippen LogP contribution in [0.2, 0.25) is 5.02 Å². The topological polar surface area (TPSA) is 21.3 Å². The maximum atomic E-state index is 6.26. The highest BCUT2D eigenvalue weighted by atomic mass is 127. The monoisotopic (exact) mass is 413 g/mol. The molecular formula is C17H17ClINO. The predicted octanol–water partition coefficient (Wildman–Crippen LogP) is 4.58. The van der Waals surface area contributed by atoms with Crippen molar-refractivity contribution in [2.75, 3.05) is 7.05 Å². The summed E-state index contributed by atoms with van der Waals surface area (Å²) in [5, 5.41) is 4.18. The molecule has 2 aromatic rings. The van der Waals surface area contributed by atoms with E-state index in [2.05, 4.69) is 65.2 Å². The van der Waals surface area contributed by atoms with Crippen LogP contribution in [-0.4, -0.2) is 13.2 Å². The molecule has 0 aromatic heterocycles. The summed E-state index contributed by atoms with van der Waals surface area (Å²) < 4.78 is 6.85. The van der Waals surface area contributed by atoms with Crippen molar-refractivity contribution in [3.8, 4) is 5.75 Å². The molecular weight excluding hydrogens is 397 g/mol. The van der Waals surface area contributed by atoms with E-state index in [0.29, 0.717) is 0 Å². The van der Waals surface area contributed by atoms with Crippen LogP contribution in [-0.2, 0) is 6.42 Å². The molecule has 0 amide bonds. The van der Waals surface area contributed by atoms with Gasteiger partial charge in [0.05, 0.1) is 11.1 Å². The first-order chi connectivity index (χ1) is 10.1. The minimum Gasteiger partial charge on any atom is -0.490 e. The van der Waals surface area contributed by atoms with E-state index in [9.17, 15) is 0 Å². The Hall–Kier alpha value is -0.780. The smallest absolute Gasteiger partial charge is 0.123 e. The van der Waals surface area contributed by atoms with Gasteiger partial charge in [-0.05, 0) is 71.5 Å². The Morgan fingerprint density at radius 2 is 1.95 bits per heavy atom. The Morgan fingerprint density at radius 1 is 1.24 bits per heavy atom.